The van der Waals surface area contributed by atoms with E-state index in [0.717, 1.165) is 24.8 Å². The highest BCUT2D eigenvalue weighted by Gasteiger charge is 2.47. The van der Waals surface area contributed by atoms with Crippen molar-refractivity contribution >= 4 is 0 Å². The van der Waals surface area contributed by atoms with Crippen LogP contribution in [-0.4, -0.2) is 23.2 Å². The molecule has 1 aliphatic carbocycles. The molecule has 0 aromatic carbocycles. The summed E-state index contributed by atoms with van der Waals surface area (Å²) in [6, 6.07) is 0. The van der Waals surface area contributed by atoms with Crippen molar-refractivity contribution < 1.29 is 4.52 Å². The zero-order valence-corrected chi connectivity index (χ0v) is 9.12. The van der Waals surface area contributed by atoms with E-state index in [1.54, 1.807) is 0 Å². The standard InChI is InChI=1S/C11H17N3O/c1-8-13-10(15-14-8)9-6-12-7-11(9)4-2-3-5-11/h9,12H,2-7H2,1H3/t9-/m0/s1. The van der Waals surface area contributed by atoms with Gasteiger partial charge >= 0.3 is 0 Å². The molecule has 0 bridgehead atoms. The minimum atomic E-state index is 0.416. The lowest BCUT2D eigenvalue weighted by Crippen LogP contribution is -2.25. The monoisotopic (exact) mass is 207 g/mol. The molecule has 1 aliphatic heterocycles. The number of rotatable bonds is 1. The smallest absolute Gasteiger partial charge is 0.231 e. The van der Waals surface area contributed by atoms with Gasteiger partial charge in [-0.3, -0.25) is 0 Å². The summed E-state index contributed by atoms with van der Waals surface area (Å²) in [5.41, 5.74) is 0.416. The second-order valence-electron chi connectivity index (χ2n) is 4.93. The fraction of sp³-hybridized carbons (Fsp3) is 0.818. The lowest BCUT2D eigenvalue weighted by molar-refractivity contribution is 0.241. The molecular formula is C11H17N3O. The molecule has 2 heterocycles. The largest absolute Gasteiger partial charge is 0.339 e. The Labute approximate surface area is 89.4 Å². The van der Waals surface area contributed by atoms with Gasteiger partial charge in [0.05, 0.1) is 5.92 Å². The molecule has 4 heteroatoms. The van der Waals surface area contributed by atoms with Crippen molar-refractivity contribution in [1.29, 1.82) is 0 Å². The van der Waals surface area contributed by atoms with Gasteiger partial charge in [0.25, 0.3) is 0 Å². The number of nitrogens with one attached hydrogen (secondary N) is 1. The number of hydrogen-bond acceptors (Lipinski definition) is 4. The quantitative estimate of drug-likeness (QED) is 0.760. The van der Waals surface area contributed by atoms with Crippen LogP contribution in [0.5, 0.6) is 0 Å². The number of nitrogens with zero attached hydrogens (tertiary/aromatic N) is 2. The van der Waals surface area contributed by atoms with E-state index in [9.17, 15) is 0 Å². The summed E-state index contributed by atoms with van der Waals surface area (Å²) >= 11 is 0. The summed E-state index contributed by atoms with van der Waals surface area (Å²) in [5.74, 6) is 2.05. The van der Waals surface area contributed by atoms with Gasteiger partial charge in [-0.1, -0.05) is 18.0 Å². The van der Waals surface area contributed by atoms with Gasteiger partial charge in [-0.15, -0.1) is 0 Å². The van der Waals surface area contributed by atoms with Crippen molar-refractivity contribution in [3.63, 3.8) is 0 Å². The summed E-state index contributed by atoms with van der Waals surface area (Å²) in [5, 5.41) is 7.39. The SMILES string of the molecule is Cc1noc([C@@H]2CNCC23CCCC3)n1. The van der Waals surface area contributed by atoms with Crippen LogP contribution in [0, 0.1) is 12.3 Å². The first-order valence-electron chi connectivity index (χ1n) is 5.81. The van der Waals surface area contributed by atoms with Gasteiger partial charge in [0.15, 0.2) is 5.82 Å². The van der Waals surface area contributed by atoms with E-state index in [4.69, 9.17) is 4.52 Å². The average molecular weight is 207 g/mol. The molecule has 1 spiro atoms. The molecule has 1 N–H and O–H groups in total. The summed E-state index contributed by atoms with van der Waals surface area (Å²) in [6.45, 7) is 4.01. The van der Waals surface area contributed by atoms with Crippen LogP contribution in [0.25, 0.3) is 0 Å². The second kappa shape index (κ2) is 3.30. The maximum atomic E-state index is 5.33. The third-order valence-corrected chi connectivity index (χ3v) is 4.01. The highest BCUT2D eigenvalue weighted by atomic mass is 16.5. The van der Waals surface area contributed by atoms with Crippen LogP contribution in [0.15, 0.2) is 4.52 Å². The zero-order chi connectivity index (χ0) is 10.3. The molecule has 0 radical (unpaired) electrons. The van der Waals surface area contributed by atoms with E-state index in [1.165, 1.54) is 25.7 Å². The Balaban J connectivity index is 1.91. The van der Waals surface area contributed by atoms with Crippen molar-refractivity contribution in [1.82, 2.24) is 15.5 Å². The van der Waals surface area contributed by atoms with Crippen LogP contribution in [0.1, 0.15) is 43.3 Å². The van der Waals surface area contributed by atoms with Crippen LogP contribution in [0.2, 0.25) is 0 Å². The molecule has 3 rings (SSSR count). The van der Waals surface area contributed by atoms with Crippen LogP contribution in [0.3, 0.4) is 0 Å². The number of aryl methyl sites for hydroxylation is 1. The Morgan fingerprint density at radius 1 is 1.40 bits per heavy atom. The molecule has 15 heavy (non-hydrogen) atoms. The van der Waals surface area contributed by atoms with E-state index in [0.29, 0.717) is 11.3 Å². The van der Waals surface area contributed by atoms with E-state index in [1.807, 2.05) is 6.92 Å². The van der Waals surface area contributed by atoms with Crippen LogP contribution in [0.4, 0.5) is 0 Å². The second-order valence-corrected chi connectivity index (χ2v) is 4.93. The van der Waals surface area contributed by atoms with Crippen molar-refractivity contribution in [2.75, 3.05) is 13.1 Å². The van der Waals surface area contributed by atoms with Gasteiger partial charge in [0.2, 0.25) is 5.89 Å². The maximum absolute atomic E-state index is 5.33. The van der Waals surface area contributed by atoms with E-state index >= 15 is 0 Å². The van der Waals surface area contributed by atoms with Crippen LogP contribution < -0.4 is 5.32 Å². The molecule has 1 aromatic rings. The molecule has 1 saturated heterocycles. The van der Waals surface area contributed by atoms with Gasteiger partial charge in [-0.2, -0.15) is 4.98 Å². The average Bonchev–Trinajstić information content (AvgIpc) is 2.90. The summed E-state index contributed by atoms with van der Waals surface area (Å²) in [4.78, 5) is 4.39. The first-order chi connectivity index (χ1) is 7.30. The molecule has 82 valence electrons. The number of hydrogen-bond donors (Lipinski definition) is 1. The lowest BCUT2D eigenvalue weighted by Gasteiger charge is -2.27. The zero-order valence-electron chi connectivity index (χ0n) is 9.12. The molecule has 1 atom stereocenters. The summed E-state index contributed by atoms with van der Waals surface area (Å²) in [7, 11) is 0. The third-order valence-electron chi connectivity index (χ3n) is 4.01. The van der Waals surface area contributed by atoms with Gasteiger partial charge in [-0.05, 0) is 25.2 Å². The van der Waals surface area contributed by atoms with Crippen molar-refractivity contribution in [2.45, 2.75) is 38.5 Å². The molecule has 2 fully saturated rings. The molecule has 1 saturated carbocycles. The Bertz CT molecular complexity index is 349. The topological polar surface area (TPSA) is 51.0 Å². The van der Waals surface area contributed by atoms with Crippen LogP contribution >= 0.6 is 0 Å². The molecule has 1 aromatic heterocycles. The first kappa shape index (κ1) is 9.33. The van der Waals surface area contributed by atoms with Crippen molar-refractivity contribution in [2.24, 2.45) is 5.41 Å². The third kappa shape index (κ3) is 1.39. The highest BCUT2D eigenvalue weighted by molar-refractivity contribution is 5.10. The van der Waals surface area contributed by atoms with E-state index < -0.39 is 0 Å². The Morgan fingerprint density at radius 3 is 2.87 bits per heavy atom. The van der Waals surface area contributed by atoms with E-state index in [-0.39, 0.29) is 0 Å². The fourth-order valence-corrected chi connectivity index (χ4v) is 3.21. The molecule has 2 aliphatic rings. The first-order valence-corrected chi connectivity index (χ1v) is 5.81. The molecule has 0 amide bonds. The predicted octanol–water partition coefficient (Wildman–Crippen LogP) is 1.63. The number of aromatic nitrogens is 2. The maximum Gasteiger partial charge on any atom is 0.231 e. The van der Waals surface area contributed by atoms with Crippen LogP contribution in [-0.2, 0) is 0 Å². The van der Waals surface area contributed by atoms with Crippen molar-refractivity contribution in [3.05, 3.63) is 11.7 Å². The van der Waals surface area contributed by atoms with Crippen molar-refractivity contribution in [3.8, 4) is 0 Å². The van der Waals surface area contributed by atoms with Gasteiger partial charge in [0.1, 0.15) is 0 Å². The lowest BCUT2D eigenvalue weighted by atomic mass is 9.76. The van der Waals surface area contributed by atoms with Gasteiger partial charge < -0.3 is 9.84 Å². The normalized spacial score (nSPS) is 29.0. The predicted molar refractivity (Wildman–Crippen MR) is 55.5 cm³/mol. The molecule has 4 nitrogen and oxygen atoms in total. The Kier molecular flexibility index (Phi) is 2.06. The fourth-order valence-electron chi connectivity index (χ4n) is 3.21. The Hall–Kier alpha value is -0.900. The minimum absolute atomic E-state index is 0.416. The minimum Gasteiger partial charge on any atom is -0.339 e. The van der Waals surface area contributed by atoms with Gasteiger partial charge in [0, 0.05) is 13.1 Å². The molecular weight excluding hydrogens is 190 g/mol. The summed E-state index contributed by atoms with van der Waals surface area (Å²) in [6.07, 6.45) is 5.33. The van der Waals surface area contributed by atoms with E-state index in [2.05, 4.69) is 15.5 Å². The van der Waals surface area contributed by atoms with Gasteiger partial charge in [-0.25, -0.2) is 0 Å². The molecule has 0 unspecified atom stereocenters. The summed E-state index contributed by atoms with van der Waals surface area (Å²) < 4.78 is 5.33. The highest BCUT2D eigenvalue weighted by Crippen LogP contribution is 2.50. The Morgan fingerprint density at radius 2 is 2.20 bits per heavy atom.